The van der Waals surface area contributed by atoms with Crippen LogP contribution in [0.2, 0.25) is 0 Å². The van der Waals surface area contributed by atoms with Crippen LogP contribution in [0.15, 0.2) is 53.3 Å². The van der Waals surface area contributed by atoms with Crippen LogP contribution in [-0.2, 0) is 6.54 Å². The van der Waals surface area contributed by atoms with Gasteiger partial charge in [-0.1, -0.05) is 18.2 Å². The van der Waals surface area contributed by atoms with E-state index in [9.17, 15) is 0 Å². The van der Waals surface area contributed by atoms with Crippen LogP contribution in [0.1, 0.15) is 5.56 Å². The number of fused-ring (bicyclic) bond motifs is 1. The fraction of sp³-hybridized carbons (Fsp3) is 0.125. The van der Waals surface area contributed by atoms with E-state index in [1.54, 1.807) is 12.4 Å². The molecule has 0 aliphatic carbocycles. The Morgan fingerprint density at radius 1 is 1.14 bits per heavy atom. The highest BCUT2D eigenvalue weighted by Gasteiger charge is 2.08. The Morgan fingerprint density at radius 3 is 2.86 bits per heavy atom. The zero-order chi connectivity index (χ0) is 14.7. The summed E-state index contributed by atoms with van der Waals surface area (Å²) in [5.74, 6) is 1.27. The van der Waals surface area contributed by atoms with E-state index in [1.165, 1.54) is 0 Å². The van der Waals surface area contributed by atoms with Gasteiger partial charge in [-0.2, -0.15) is 0 Å². The largest absolute Gasteiger partial charge is 0.437 e. The highest BCUT2D eigenvalue weighted by atomic mass is 79.9. The third-order valence-electron chi connectivity index (χ3n) is 3.04. The summed E-state index contributed by atoms with van der Waals surface area (Å²) in [6.45, 7) is 0.683. The lowest BCUT2D eigenvalue weighted by Crippen LogP contribution is -2.07. The van der Waals surface area contributed by atoms with Gasteiger partial charge in [0.25, 0.3) is 0 Å². The SMILES string of the molecule is CNCc1cc(Br)cnc1Oc1cnc2ccccc2c1. The van der Waals surface area contributed by atoms with Gasteiger partial charge in [0.15, 0.2) is 0 Å². The lowest BCUT2D eigenvalue weighted by atomic mass is 10.2. The standard InChI is InChI=1S/C16H14BrN3O/c1-18-8-12-6-13(17)9-20-16(12)21-14-7-11-4-2-3-5-15(11)19-10-14/h2-7,9-10,18H,8H2,1H3. The summed E-state index contributed by atoms with van der Waals surface area (Å²) >= 11 is 3.43. The van der Waals surface area contributed by atoms with Crippen molar-refractivity contribution >= 4 is 26.8 Å². The van der Waals surface area contributed by atoms with Crippen LogP contribution in [0.25, 0.3) is 10.9 Å². The Hall–Kier alpha value is -1.98. The number of para-hydroxylation sites is 1. The lowest BCUT2D eigenvalue weighted by Gasteiger charge is -2.10. The van der Waals surface area contributed by atoms with Crippen molar-refractivity contribution in [1.29, 1.82) is 0 Å². The third-order valence-corrected chi connectivity index (χ3v) is 3.47. The molecule has 4 nitrogen and oxygen atoms in total. The number of halogens is 1. The quantitative estimate of drug-likeness (QED) is 0.780. The molecule has 0 radical (unpaired) electrons. The van der Waals surface area contributed by atoms with Gasteiger partial charge < -0.3 is 10.1 Å². The second-order valence-electron chi connectivity index (χ2n) is 4.61. The van der Waals surface area contributed by atoms with Gasteiger partial charge in [-0.3, -0.25) is 4.98 Å². The molecule has 0 amide bonds. The van der Waals surface area contributed by atoms with E-state index in [0.29, 0.717) is 18.2 Å². The number of aromatic nitrogens is 2. The minimum Gasteiger partial charge on any atom is -0.437 e. The second kappa shape index (κ2) is 6.20. The molecule has 0 saturated heterocycles. The topological polar surface area (TPSA) is 47.0 Å². The number of nitrogens with one attached hydrogen (secondary N) is 1. The number of rotatable bonds is 4. The molecule has 2 heterocycles. The first-order valence-corrected chi connectivity index (χ1v) is 7.37. The molecule has 2 aromatic heterocycles. The van der Waals surface area contributed by atoms with Crippen LogP contribution in [-0.4, -0.2) is 17.0 Å². The summed E-state index contributed by atoms with van der Waals surface area (Å²) in [4.78, 5) is 8.73. The lowest BCUT2D eigenvalue weighted by molar-refractivity contribution is 0.453. The van der Waals surface area contributed by atoms with E-state index in [4.69, 9.17) is 4.74 Å². The molecular weight excluding hydrogens is 330 g/mol. The number of hydrogen-bond acceptors (Lipinski definition) is 4. The van der Waals surface area contributed by atoms with Gasteiger partial charge in [0, 0.05) is 28.2 Å². The maximum absolute atomic E-state index is 5.89. The fourth-order valence-corrected chi connectivity index (χ4v) is 2.47. The maximum atomic E-state index is 5.89. The number of nitrogens with zero attached hydrogens (tertiary/aromatic N) is 2. The van der Waals surface area contributed by atoms with Crippen molar-refractivity contribution in [2.24, 2.45) is 0 Å². The first-order valence-electron chi connectivity index (χ1n) is 6.58. The molecule has 0 aliphatic rings. The van der Waals surface area contributed by atoms with Gasteiger partial charge in [0.2, 0.25) is 5.88 Å². The smallest absolute Gasteiger partial charge is 0.223 e. The zero-order valence-electron chi connectivity index (χ0n) is 11.5. The van der Waals surface area contributed by atoms with Crippen LogP contribution in [0, 0.1) is 0 Å². The number of benzene rings is 1. The molecule has 1 N–H and O–H groups in total. The molecule has 3 rings (SSSR count). The van der Waals surface area contributed by atoms with E-state index in [2.05, 4.69) is 31.2 Å². The first-order chi connectivity index (χ1) is 10.3. The summed E-state index contributed by atoms with van der Waals surface area (Å²) in [6, 6.07) is 11.9. The van der Waals surface area contributed by atoms with Crippen LogP contribution in [0.3, 0.4) is 0 Å². The van der Waals surface area contributed by atoms with Gasteiger partial charge in [-0.25, -0.2) is 4.98 Å². The number of pyridine rings is 2. The third kappa shape index (κ3) is 3.20. The molecule has 0 unspecified atom stereocenters. The van der Waals surface area contributed by atoms with Gasteiger partial charge in [-0.15, -0.1) is 0 Å². The van der Waals surface area contributed by atoms with Crippen molar-refractivity contribution in [3.05, 3.63) is 58.8 Å². The van der Waals surface area contributed by atoms with Crippen LogP contribution >= 0.6 is 15.9 Å². The van der Waals surface area contributed by atoms with Crippen molar-refractivity contribution in [3.63, 3.8) is 0 Å². The first kappa shape index (κ1) is 14.0. The normalized spacial score (nSPS) is 10.8. The van der Waals surface area contributed by atoms with E-state index in [-0.39, 0.29) is 0 Å². The van der Waals surface area contributed by atoms with Crippen molar-refractivity contribution in [2.45, 2.75) is 6.54 Å². The molecule has 106 valence electrons. The van der Waals surface area contributed by atoms with Crippen LogP contribution in [0.4, 0.5) is 0 Å². The molecule has 0 spiro atoms. The average molecular weight is 344 g/mol. The van der Waals surface area contributed by atoms with Gasteiger partial charge in [0.1, 0.15) is 5.75 Å². The highest BCUT2D eigenvalue weighted by molar-refractivity contribution is 9.10. The Kier molecular flexibility index (Phi) is 4.13. The van der Waals surface area contributed by atoms with Crippen molar-refractivity contribution in [2.75, 3.05) is 7.05 Å². The summed E-state index contributed by atoms with van der Waals surface area (Å²) in [6.07, 6.45) is 3.44. The van der Waals surface area contributed by atoms with E-state index < -0.39 is 0 Å². The minimum absolute atomic E-state index is 0.588. The van der Waals surface area contributed by atoms with E-state index in [1.807, 2.05) is 43.4 Å². The molecule has 0 atom stereocenters. The van der Waals surface area contributed by atoms with E-state index >= 15 is 0 Å². The Bertz CT molecular complexity index is 776. The summed E-state index contributed by atoms with van der Waals surface area (Å²) in [5.41, 5.74) is 1.93. The molecule has 0 fully saturated rings. The van der Waals surface area contributed by atoms with Crippen molar-refractivity contribution < 1.29 is 4.74 Å². The number of hydrogen-bond donors (Lipinski definition) is 1. The molecule has 21 heavy (non-hydrogen) atoms. The summed E-state index contributed by atoms with van der Waals surface area (Å²) < 4.78 is 6.82. The predicted molar refractivity (Wildman–Crippen MR) is 86.5 cm³/mol. The molecule has 0 aliphatic heterocycles. The number of ether oxygens (including phenoxy) is 1. The Morgan fingerprint density at radius 2 is 2.00 bits per heavy atom. The predicted octanol–water partition coefficient (Wildman–Crippen LogP) is 3.90. The molecule has 0 bridgehead atoms. The molecule has 5 heteroatoms. The average Bonchev–Trinajstić information content (AvgIpc) is 2.50. The summed E-state index contributed by atoms with van der Waals surface area (Å²) in [5, 5.41) is 4.15. The van der Waals surface area contributed by atoms with Crippen LogP contribution < -0.4 is 10.1 Å². The van der Waals surface area contributed by atoms with Crippen molar-refractivity contribution in [3.8, 4) is 11.6 Å². The van der Waals surface area contributed by atoms with Gasteiger partial charge >= 0.3 is 0 Å². The van der Waals surface area contributed by atoms with Crippen LogP contribution in [0.5, 0.6) is 11.6 Å². The Balaban J connectivity index is 1.94. The van der Waals surface area contributed by atoms with Gasteiger partial charge in [-0.05, 0) is 41.2 Å². The maximum Gasteiger partial charge on any atom is 0.223 e. The molecule has 0 saturated carbocycles. The summed E-state index contributed by atoms with van der Waals surface area (Å²) in [7, 11) is 1.89. The zero-order valence-corrected chi connectivity index (χ0v) is 13.1. The molecular formula is C16H14BrN3O. The molecule has 3 aromatic rings. The van der Waals surface area contributed by atoms with E-state index in [0.717, 1.165) is 20.9 Å². The molecule has 1 aromatic carbocycles. The van der Waals surface area contributed by atoms with Gasteiger partial charge in [0.05, 0.1) is 11.7 Å². The monoisotopic (exact) mass is 343 g/mol. The second-order valence-corrected chi connectivity index (χ2v) is 5.53. The van der Waals surface area contributed by atoms with Crippen molar-refractivity contribution in [1.82, 2.24) is 15.3 Å². The minimum atomic E-state index is 0.588. The fourth-order valence-electron chi connectivity index (χ4n) is 2.10. The highest BCUT2D eigenvalue weighted by Crippen LogP contribution is 2.27. The Labute approximate surface area is 131 Å².